The molecule has 1 rings (SSSR count). The molecule has 0 fully saturated rings. The first-order valence-corrected chi connectivity index (χ1v) is 5.69. The predicted molar refractivity (Wildman–Crippen MR) is 64.0 cm³/mol. The highest BCUT2D eigenvalue weighted by Gasteiger charge is 2.19. The maximum atomic E-state index is 9.83. The lowest BCUT2D eigenvalue weighted by atomic mass is 10.0. The second kappa shape index (κ2) is 5.82. The summed E-state index contributed by atoms with van der Waals surface area (Å²) in [6, 6.07) is 5.05. The number of likely N-dealkylation sites (N-methyl/N-ethyl adjacent to an activating group) is 1. The van der Waals surface area contributed by atoms with Crippen LogP contribution in [-0.4, -0.2) is 29.9 Å². The van der Waals surface area contributed by atoms with E-state index >= 15 is 0 Å². The Balaban J connectivity index is 2.86. The van der Waals surface area contributed by atoms with Gasteiger partial charge in [0.25, 0.3) is 0 Å². The Labute approximate surface area is 102 Å². The summed E-state index contributed by atoms with van der Waals surface area (Å²) in [7, 11) is 1.72. The third kappa shape index (κ3) is 3.43. The highest BCUT2D eigenvalue weighted by molar-refractivity contribution is 9.10. The zero-order valence-corrected chi connectivity index (χ0v) is 10.6. The van der Waals surface area contributed by atoms with E-state index in [9.17, 15) is 10.2 Å². The average Bonchev–Trinajstić information content (AvgIpc) is 2.17. The Morgan fingerprint density at radius 1 is 1.47 bits per heavy atom. The van der Waals surface area contributed by atoms with Gasteiger partial charge in [-0.2, -0.15) is 0 Å². The Morgan fingerprint density at radius 2 is 2.13 bits per heavy atom. The number of benzene rings is 1. The van der Waals surface area contributed by atoms with Crippen LogP contribution in [0.15, 0.2) is 22.7 Å². The van der Waals surface area contributed by atoms with E-state index in [-0.39, 0.29) is 0 Å². The number of halogens is 2. The van der Waals surface area contributed by atoms with Crippen LogP contribution in [0.2, 0.25) is 5.02 Å². The smallest absolute Gasteiger partial charge is 0.107 e. The molecule has 0 aromatic heterocycles. The van der Waals surface area contributed by atoms with E-state index in [2.05, 4.69) is 21.2 Å². The molecule has 1 aromatic carbocycles. The molecule has 84 valence electrons. The van der Waals surface area contributed by atoms with Crippen LogP contribution in [-0.2, 0) is 0 Å². The molecular weight excluding hydrogens is 281 g/mol. The molecule has 0 aliphatic carbocycles. The van der Waals surface area contributed by atoms with Crippen molar-refractivity contribution in [1.82, 2.24) is 5.32 Å². The minimum absolute atomic E-state index is 0.330. The minimum Gasteiger partial charge on any atom is -0.389 e. The number of hydrogen-bond donors (Lipinski definition) is 3. The molecule has 3 N–H and O–H groups in total. The largest absolute Gasteiger partial charge is 0.389 e. The molecule has 0 aliphatic rings. The summed E-state index contributed by atoms with van der Waals surface area (Å²) in [6.07, 6.45) is -1.77. The summed E-state index contributed by atoms with van der Waals surface area (Å²) < 4.78 is 0.692. The van der Waals surface area contributed by atoms with Crippen molar-refractivity contribution < 1.29 is 10.2 Å². The number of hydrogen-bond acceptors (Lipinski definition) is 3. The number of aliphatic hydroxyl groups excluding tert-OH is 2. The monoisotopic (exact) mass is 293 g/mol. The van der Waals surface area contributed by atoms with Gasteiger partial charge in [-0.3, -0.25) is 0 Å². The summed E-state index contributed by atoms with van der Waals surface area (Å²) in [5.74, 6) is 0. The maximum Gasteiger partial charge on any atom is 0.107 e. The molecule has 2 atom stereocenters. The van der Waals surface area contributed by atoms with Crippen molar-refractivity contribution in [3.8, 4) is 0 Å². The predicted octanol–water partition coefficient (Wildman–Crippen LogP) is 1.72. The quantitative estimate of drug-likeness (QED) is 0.792. The summed E-state index contributed by atoms with van der Waals surface area (Å²) in [5.41, 5.74) is 0.627. The number of aliphatic hydroxyl groups is 2. The van der Waals surface area contributed by atoms with Crippen LogP contribution < -0.4 is 5.32 Å². The fourth-order valence-electron chi connectivity index (χ4n) is 1.27. The second-order valence-electron chi connectivity index (χ2n) is 3.24. The van der Waals surface area contributed by atoms with E-state index in [0.717, 1.165) is 0 Å². The molecule has 1 aromatic rings. The zero-order chi connectivity index (χ0) is 11.4. The first-order valence-electron chi connectivity index (χ1n) is 4.52. The van der Waals surface area contributed by atoms with Gasteiger partial charge in [-0.05, 0) is 24.7 Å². The van der Waals surface area contributed by atoms with Crippen LogP contribution in [0.5, 0.6) is 0 Å². The van der Waals surface area contributed by atoms with E-state index < -0.39 is 12.2 Å². The number of rotatable bonds is 4. The molecule has 2 unspecified atom stereocenters. The maximum absolute atomic E-state index is 9.83. The van der Waals surface area contributed by atoms with Gasteiger partial charge in [-0.1, -0.05) is 33.6 Å². The zero-order valence-electron chi connectivity index (χ0n) is 8.24. The lowest BCUT2D eigenvalue weighted by Crippen LogP contribution is -2.29. The molecule has 0 saturated carbocycles. The second-order valence-corrected chi connectivity index (χ2v) is 4.53. The molecule has 3 nitrogen and oxygen atoms in total. The highest BCUT2D eigenvalue weighted by atomic mass is 79.9. The van der Waals surface area contributed by atoms with Gasteiger partial charge in [0, 0.05) is 16.0 Å². The van der Waals surface area contributed by atoms with Crippen molar-refractivity contribution in [1.29, 1.82) is 0 Å². The third-order valence-corrected chi connectivity index (χ3v) is 2.98. The van der Waals surface area contributed by atoms with Gasteiger partial charge in [0.15, 0.2) is 0 Å². The van der Waals surface area contributed by atoms with Gasteiger partial charge in [0.05, 0.1) is 6.10 Å². The highest BCUT2D eigenvalue weighted by Crippen LogP contribution is 2.28. The Kier molecular flexibility index (Phi) is 5.02. The van der Waals surface area contributed by atoms with Crippen molar-refractivity contribution in [3.63, 3.8) is 0 Å². The van der Waals surface area contributed by atoms with E-state index in [1.165, 1.54) is 0 Å². The Morgan fingerprint density at radius 3 is 2.67 bits per heavy atom. The minimum atomic E-state index is -0.927. The summed E-state index contributed by atoms with van der Waals surface area (Å²) >= 11 is 9.07. The summed E-state index contributed by atoms with van der Waals surface area (Å²) in [4.78, 5) is 0. The molecule has 0 radical (unpaired) electrons. The molecule has 0 aliphatic heterocycles. The van der Waals surface area contributed by atoms with Gasteiger partial charge in [0.1, 0.15) is 6.10 Å². The van der Waals surface area contributed by atoms with Gasteiger partial charge >= 0.3 is 0 Å². The summed E-state index contributed by atoms with van der Waals surface area (Å²) in [5, 5.41) is 22.8. The normalized spacial score (nSPS) is 15.0. The fraction of sp³-hybridized carbons (Fsp3) is 0.400. The molecule has 0 heterocycles. The SMILES string of the molecule is CNCC(O)C(O)c1ccc(Cl)cc1Br. The lowest BCUT2D eigenvalue weighted by molar-refractivity contribution is 0.0198. The molecule has 5 heteroatoms. The van der Waals surface area contributed by atoms with Crippen molar-refractivity contribution in [3.05, 3.63) is 33.3 Å². The molecule has 15 heavy (non-hydrogen) atoms. The van der Waals surface area contributed by atoms with Crippen LogP contribution in [0.3, 0.4) is 0 Å². The van der Waals surface area contributed by atoms with Crippen molar-refractivity contribution in [2.24, 2.45) is 0 Å². The third-order valence-electron chi connectivity index (χ3n) is 2.06. The van der Waals surface area contributed by atoms with Crippen LogP contribution in [0, 0.1) is 0 Å². The fourth-order valence-corrected chi connectivity index (χ4v) is 2.19. The van der Waals surface area contributed by atoms with Crippen molar-refractivity contribution in [2.75, 3.05) is 13.6 Å². The first kappa shape index (κ1) is 12.9. The molecule has 0 amide bonds. The first-order chi connectivity index (χ1) is 7.06. The van der Waals surface area contributed by atoms with Gasteiger partial charge < -0.3 is 15.5 Å². The summed E-state index contributed by atoms with van der Waals surface area (Å²) in [6.45, 7) is 0.330. The number of nitrogens with one attached hydrogen (secondary N) is 1. The van der Waals surface area contributed by atoms with E-state index in [0.29, 0.717) is 21.6 Å². The van der Waals surface area contributed by atoms with E-state index in [1.54, 1.807) is 25.2 Å². The van der Waals surface area contributed by atoms with Gasteiger partial charge in [-0.15, -0.1) is 0 Å². The molecule has 0 spiro atoms. The Bertz CT molecular complexity index is 335. The topological polar surface area (TPSA) is 52.5 Å². The average molecular weight is 295 g/mol. The molecule has 0 saturated heterocycles. The van der Waals surface area contributed by atoms with Gasteiger partial charge in [-0.25, -0.2) is 0 Å². The van der Waals surface area contributed by atoms with E-state index in [1.807, 2.05) is 0 Å². The van der Waals surface area contributed by atoms with Crippen LogP contribution in [0.4, 0.5) is 0 Å². The lowest BCUT2D eigenvalue weighted by Gasteiger charge is -2.19. The van der Waals surface area contributed by atoms with Crippen LogP contribution in [0.1, 0.15) is 11.7 Å². The molecular formula is C10H13BrClNO2. The van der Waals surface area contributed by atoms with Crippen LogP contribution in [0.25, 0.3) is 0 Å². The van der Waals surface area contributed by atoms with E-state index in [4.69, 9.17) is 11.6 Å². The van der Waals surface area contributed by atoms with Gasteiger partial charge in [0.2, 0.25) is 0 Å². The standard InChI is InChI=1S/C10H13BrClNO2/c1-13-5-9(14)10(15)7-3-2-6(12)4-8(7)11/h2-4,9-10,13-15H,5H2,1H3. The van der Waals surface area contributed by atoms with Crippen molar-refractivity contribution >= 4 is 27.5 Å². The van der Waals surface area contributed by atoms with Crippen molar-refractivity contribution in [2.45, 2.75) is 12.2 Å². The Hall–Kier alpha value is -0.130. The van der Waals surface area contributed by atoms with Crippen LogP contribution >= 0.6 is 27.5 Å². The molecule has 0 bridgehead atoms.